The first-order chi connectivity index (χ1) is 19.6. The third kappa shape index (κ3) is 6.92. The fraction of sp³-hybridized carbons (Fsp3) is 0.346. The highest BCUT2D eigenvalue weighted by Gasteiger charge is 2.36. The fourth-order valence-electron chi connectivity index (χ4n) is 4.54. The van der Waals surface area contributed by atoms with Gasteiger partial charge in [0.15, 0.2) is 5.82 Å². The summed E-state index contributed by atoms with van der Waals surface area (Å²) < 4.78 is 90.2. The Balaban J connectivity index is 0.000000283. The number of benzene rings is 1. The van der Waals surface area contributed by atoms with Crippen molar-refractivity contribution in [2.45, 2.75) is 50.7 Å². The number of nitrogens with two attached hydrogens (primary N) is 1. The number of pyridine rings is 1. The number of aromatic amines is 1. The molecule has 224 valence electrons. The van der Waals surface area contributed by atoms with Crippen LogP contribution in [-0.4, -0.2) is 35.9 Å². The van der Waals surface area contributed by atoms with E-state index in [-0.39, 0.29) is 34.4 Å². The van der Waals surface area contributed by atoms with E-state index in [9.17, 15) is 45.4 Å². The topological polar surface area (TPSA) is 140 Å². The molecule has 1 fully saturated rings. The number of nitrogen functional groups attached to an aromatic ring is 1. The number of aromatic nitrogens is 5. The molecule has 0 amide bonds. The van der Waals surface area contributed by atoms with Crippen LogP contribution < -0.4 is 16.9 Å². The van der Waals surface area contributed by atoms with Crippen LogP contribution in [0.25, 0.3) is 22.2 Å². The van der Waals surface area contributed by atoms with Crippen molar-refractivity contribution < 1.29 is 35.8 Å². The minimum atomic E-state index is -4.74. The number of alkyl halides is 6. The lowest BCUT2D eigenvalue weighted by atomic mass is 9.87. The third-order valence-electron chi connectivity index (χ3n) is 6.72. The SMILES string of the molecule is Nc1cn[nH]c(=O)c1C(F)(F)F.O=c1c2cc(F)c(-c3ncc(C(F)(F)F)cn3)cc2ccn1CC1CCC(O)CC1. The number of anilines is 1. The van der Waals surface area contributed by atoms with Gasteiger partial charge in [0.25, 0.3) is 11.1 Å². The molecule has 1 saturated carbocycles. The van der Waals surface area contributed by atoms with Crippen LogP contribution >= 0.6 is 0 Å². The Kier molecular flexibility index (Phi) is 8.65. The van der Waals surface area contributed by atoms with E-state index in [1.807, 2.05) is 0 Å². The minimum absolute atomic E-state index is 0.0744. The fourth-order valence-corrected chi connectivity index (χ4v) is 4.54. The molecule has 0 atom stereocenters. The number of aliphatic hydroxyl groups excluding tert-OH is 1. The standard InChI is InChI=1S/C21H19F4N3O2.C5H4F3N3O/c22-18-8-16-13(7-17(18)19-26-9-14(10-27-19)21(23,24)25)5-6-28(20(16)30)11-12-1-3-15(29)4-2-12;6-5(7,8)3-2(9)1-10-11-4(3)12/h5-10,12,15,29H,1-4,11H2;1H,(H3,9,11,12). The Hall–Kier alpha value is -4.34. The first kappa shape index (κ1) is 30.6. The number of nitrogens with one attached hydrogen (secondary N) is 1. The highest BCUT2D eigenvalue weighted by atomic mass is 19.4. The third-order valence-corrected chi connectivity index (χ3v) is 6.72. The van der Waals surface area contributed by atoms with Crippen molar-refractivity contribution in [3.8, 4) is 11.4 Å². The molecule has 4 N–H and O–H groups in total. The molecule has 3 heterocycles. The molecular weight excluding hydrogens is 577 g/mol. The highest BCUT2D eigenvalue weighted by Crippen LogP contribution is 2.31. The molecule has 16 heteroatoms. The molecule has 0 bridgehead atoms. The van der Waals surface area contributed by atoms with Crippen molar-refractivity contribution in [2.24, 2.45) is 5.92 Å². The predicted molar refractivity (Wildman–Crippen MR) is 136 cm³/mol. The lowest BCUT2D eigenvalue weighted by molar-refractivity contribution is -0.138. The maximum atomic E-state index is 14.7. The van der Waals surface area contributed by atoms with Gasteiger partial charge in [0.05, 0.1) is 34.5 Å². The van der Waals surface area contributed by atoms with Crippen LogP contribution in [0.1, 0.15) is 36.8 Å². The van der Waals surface area contributed by atoms with E-state index in [1.165, 1.54) is 6.07 Å². The number of fused-ring (bicyclic) bond motifs is 1. The normalized spacial score (nSPS) is 17.5. The average molecular weight is 600 g/mol. The van der Waals surface area contributed by atoms with Gasteiger partial charge in [-0.1, -0.05) is 0 Å². The number of hydrogen-bond donors (Lipinski definition) is 3. The lowest BCUT2D eigenvalue weighted by Crippen LogP contribution is -2.27. The van der Waals surface area contributed by atoms with E-state index in [0.717, 1.165) is 25.1 Å². The molecule has 4 aromatic rings. The van der Waals surface area contributed by atoms with Gasteiger partial charge < -0.3 is 15.4 Å². The number of halogens is 7. The minimum Gasteiger partial charge on any atom is -0.397 e. The molecule has 9 nitrogen and oxygen atoms in total. The number of rotatable bonds is 3. The molecule has 1 aliphatic rings. The number of hydrogen-bond acceptors (Lipinski definition) is 7. The Morgan fingerprint density at radius 3 is 2.17 bits per heavy atom. The van der Waals surface area contributed by atoms with Gasteiger partial charge in [-0.05, 0) is 55.2 Å². The van der Waals surface area contributed by atoms with E-state index in [1.54, 1.807) is 21.9 Å². The molecule has 0 unspecified atom stereocenters. The highest BCUT2D eigenvalue weighted by molar-refractivity contribution is 5.86. The Bertz CT molecular complexity index is 1680. The predicted octanol–water partition coefficient (Wildman–Crippen LogP) is 4.54. The van der Waals surface area contributed by atoms with Crippen LogP contribution in [0, 0.1) is 11.7 Å². The van der Waals surface area contributed by atoms with Crippen LogP contribution in [0.4, 0.5) is 36.4 Å². The molecule has 5 rings (SSSR count). The zero-order valence-electron chi connectivity index (χ0n) is 21.5. The molecule has 3 aromatic heterocycles. The molecule has 1 aliphatic carbocycles. The van der Waals surface area contributed by atoms with Crippen molar-refractivity contribution in [3.05, 3.63) is 80.6 Å². The van der Waals surface area contributed by atoms with Gasteiger partial charge in [0, 0.05) is 25.1 Å². The first-order valence-electron chi connectivity index (χ1n) is 12.5. The molecule has 0 saturated heterocycles. The van der Waals surface area contributed by atoms with Crippen LogP contribution in [0.15, 0.2) is 52.6 Å². The lowest BCUT2D eigenvalue weighted by Gasteiger charge is -2.25. The summed E-state index contributed by atoms with van der Waals surface area (Å²) in [6.07, 6.45) is -2.96. The van der Waals surface area contributed by atoms with Gasteiger partial charge in [0.1, 0.15) is 11.4 Å². The van der Waals surface area contributed by atoms with Gasteiger partial charge in [-0.2, -0.15) is 31.4 Å². The Labute approximate surface area is 231 Å². The summed E-state index contributed by atoms with van der Waals surface area (Å²) in [5, 5.41) is 15.0. The second kappa shape index (κ2) is 11.9. The smallest absolute Gasteiger partial charge is 0.397 e. The van der Waals surface area contributed by atoms with E-state index >= 15 is 0 Å². The maximum Gasteiger partial charge on any atom is 0.423 e. The Morgan fingerprint density at radius 2 is 1.62 bits per heavy atom. The summed E-state index contributed by atoms with van der Waals surface area (Å²) in [6, 6.07) is 4.12. The van der Waals surface area contributed by atoms with Crippen molar-refractivity contribution in [1.82, 2.24) is 24.7 Å². The maximum absolute atomic E-state index is 14.7. The van der Waals surface area contributed by atoms with Crippen LogP contribution in [-0.2, 0) is 18.9 Å². The van der Waals surface area contributed by atoms with E-state index < -0.39 is 40.5 Å². The molecule has 1 aromatic carbocycles. The molecule has 42 heavy (non-hydrogen) atoms. The van der Waals surface area contributed by atoms with Crippen molar-refractivity contribution in [3.63, 3.8) is 0 Å². The number of H-pyrrole nitrogens is 1. The summed E-state index contributed by atoms with van der Waals surface area (Å²) >= 11 is 0. The van der Waals surface area contributed by atoms with E-state index in [0.29, 0.717) is 37.2 Å². The second-order valence-corrected chi connectivity index (χ2v) is 9.69. The molecule has 0 spiro atoms. The summed E-state index contributed by atoms with van der Waals surface area (Å²) in [5.74, 6) is -0.696. The van der Waals surface area contributed by atoms with Crippen LogP contribution in [0.5, 0.6) is 0 Å². The molecule has 0 aliphatic heterocycles. The van der Waals surface area contributed by atoms with Crippen LogP contribution in [0.2, 0.25) is 0 Å². The van der Waals surface area contributed by atoms with Gasteiger partial charge >= 0.3 is 12.4 Å². The summed E-state index contributed by atoms with van der Waals surface area (Å²) in [6.45, 7) is 0.493. The van der Waals surface area contributed by atoms with E-state index in [2.05, 4.69) is 15.1 Å². The largest absolute Gasteiger partial charge is 0.423 e. The van der Waals surface area contributed by atoms with E-state index in [4.69, 9.17) is 5.73 Å². The van der Waals surface area contributed by atoms with Crippen molar-refractivity contribution >= 4 is 16.5 Å². The van der Waals surface area contributed by atoms with Gasteiger partial charge in [-0.3, -0.25) is 9.59 Å². The second-order valence-electron chi connectivity index (χ2n) is 9.69. The van der Waals surface area contributed by atoms with Gasteiger partial charge in [0.2, 0.25) is 0 Å². The summed E-state index contributed by atoms with van der Waals surface area (Å²) in [5.41, 5.74) is 0.0614. The van der Waals surface area contributed by atoms with Gasteiger partial charge in [-0.25, -0.2) is 19.5 Å². The zero-order valence-corrected chi connectivity index (χ0v) is 21.5. The quantitative estimate of drug-likeness (QED) is 0.294. The summed E-state index contributed by atoms with van der Waals surface area (Å²) in [7, 11) is 0. The monoisotopic (exact) mass is 600 g/mol. The first-order valence-corrected chi connectivity index (χ1v) is 12.5. The summed E-state index contributed by atoms with van der Waals surface area (Å²) in [4.78, 5) is 30.6. The Morgan fingerprint density at radius 1 is 0.976 bits per heavy atom. The van der Waals surface area contributed by atoms with Crippen molar-refractivity contribution in [1.29, 1.82) is 0 Å². The molecule has 0 radical (unpaired) electrons. The van der Waals surface area contributed by atoms with Crippen LogP contribution in [0.3, 0.4) is 0 Å². The average Bonchev–Trinajstić information content (AvgIpc) is 2.91. The molecular formula is C26H23F7N6O3. The number of aliphatic hydroxyl groups is 1. The van der Waals surface area contributed by atoms with Gasteiger partial charge in [-0.15, -0.1) is 0 Å². The zero-order chi connectivity index (χ0) is 30.8. The van der Waals surface area contributed by atoms with Crippen molar-refractivity contribution in [2.75, 3.05) is 5.73 Å². The number of nitrogens with zero attached hydrogens (tertiary/aromatic N) is 4.